The first kappa shape index (κ1) is 24.3. The zero-order valence-corrected chi connectivity index (χ0v) is 19.4. The van der Waals surface area contributed by atoms with Gasteiger partial charge in [-0.3, -0.25) is 4.79 Å². The van der Waals surface area contributed by atoms with E-state index in [1.807, 2.05) is 43.3 Å². The molecule has 1 atom stereocenters. The summed E-state index contributed by atoms with van der Waals surface area (Å²) in [5.41, 5.74) is 3.55. The molecule has 1 aliphatic carbocycles. The van der Waals surface area contributed by atoms with Gasteiger partial charge in [0.05, 0.1) is 5.41 Å². The normalized spacial score (nSPS) is 13.5. The molecular weight excluding hydrogens is 420 g/mol. The summed E-state index contributed by atoms with van der Waals surface area (Å²) in [6, 6.07) is 15.2. The molecule has 0 bridgehead atoms. The van der Waals surface area contributed by atoms with Crippen LogP contribution in [0.3, 0.4) is 0 Å². The Morgan fingerprint density at radius 2 is 1.61 bits per heavy atom. The van der Waals surface area contributed by atoms with Crippen LogP contribution in [0.1, 0.15) is 57.1 Å². The minimum atomic E-state index is -1.06. The number of unbranched alkanes of at least 4 members (excludes halogenated alkanes) is 1. The van der Waals surface area contributed by atoms with Gasteiger partial charge in [-0.2, -0.15) is 0 Å². The Morgan fingerprint density at radius 1 is 1.03 bits per heavy atom. The third kappa shape index (κ3) is 5.72. The van der Waals surface area contributed by atoms with Gasteiger partial charge >= 0.3 is 12.1 Å². The van der Waals surface area contributed by atoms with E-state index in [4.69, 9.17) is 4.74 Å². The van der Waals surface area contributed by atoms with Gasteiger partial charge in [-0.1, -0.05) is 68.3 Å². The number of carboxylic acid groups (broad SMARTS) is 1. The third-order valence-electron chi connectivity index (χ3n) is 6.08. The number of carbonyl (C=O) groups is 3. The number of nitrogens with one attached hydrogen (secondary N) is 2. The predicted molar refractivity (Wildman–Crippen MR) is 126 cm³/mol. The molecule has 0 fully saturated rings. The quantitative estimate of drug-likeness (QED) is 0.498. The van der Waals surface area contributed by atoms with E-state index in [0.29, 0.717) is 12.8 Å². The van der Waals surface area contributed by atoms with Crippen LogP contribution in [-0.2, 0) is 14.3 Å². The van der Waals surface area contributed by atoms with Crippen molar-refractivity contribution < 1.29 is 24.2 Å². The maximum atomic E-state index is 12.6. The third-order valence-corrected chi connectivity index (χ3v) is 6.08. The second-order valence-electron chi connectivity index (χ2n) is 9.07. The molecule has 33 heavy (non-hydrogen) atoms. The highest BCUT2D eigenvalue weighted by Gasteiger charge is 2.33. The lowest BCUT2D eigenvalue weighted by Crippen LogP contribution is -2.50. The van der Waals surface area contributed by atoms with Crippen molar-refractivity contribution in [2.45, 2.75) is 52.0 Å². The Hall–Kier alpha value is -3.35. The summed E-state index contributed by atoms with van der Waals surface area (Å²) >= 11 is 0. The number of benzene rings is 2. The number of alkyl carbamates (subject to hydrolysis) is 1. The van der Waals surface area contributed by atoms with E-state index in [2.05, 4.69) is 22.8 Å². The molecule has 3 N–H and O–H groups in total. The van der Waals surface area contributed by atoms with Gasteiger partial charge in [0.2, 0.25) is 5.91 Å². The molecule has 3 rings (SSSR count). The van der Waals surface area contributed by atoms with Gasteiger partial charge in [0.15, 0.2) is 0 Å². The SMILES string of the molecule is CCCC[C@H](NC(=O)C(C)(C)CNC(=O)OCC1c2ccccc2-c2ccccc21)C(=O)O. The van der Waals surface area contributed by atoms with Crippen LogP contribution in [0, 0.1) is 5.41 Å². The average Bonchev–Trinajstić information content (AvgIpc) is 3.12. The van der Waals surface area contributed by atoms with Crippen molar-refractivity contribution in [1.82, 2.24) is 10.6 Å². The Kier molecular flexibility index (Phi) is 7.74. The molecular formula is C26H32N2O5. The fraction of sp³-hybridized carbons (Fsp3) is 0.423. The van der Waals surface area contributed by atoms with Crippen molar-refractivity contribution in [3.8, 4) is 11.1 Å². The van der Waals surface area contributed by atoms with Crippen LogP contribution in [-0.4, -0.2) is 42.3 Å². The highest BCUT2D eigenvalue weighted by atomic mass is 16.5. The van der Waals surface area contributed by atoms with Gasteiger partial charge in [0.1, 0.15) is 12.6 Å². The topological polar surface area (TPSA) is 105 Å². The van der Waals surface area contributed by atoms with Crippen LogP contribution in [0.2, 0.25) is 0 Å². The highest BCUT2D eigenvalue weighted by Crippen LogP contribution is 2.44. The molecule has 0 radical (unpaired) electrons. The van der Waals surface area contributed by atoms with Gasteiger partial charge in [-0.25, -0.2) is 9.59 Å². The van der Waals surface area contributed by atoms with E-state index in [1.165, 1.54) is 0 Å². The van der Waals surface area contributed by atoms with Gasteiger partial charge in [-0.15, -0.1) is 0 Å². The van der Waals surface area contributed by atoms with E-state index in [0.717, 1.165) is 28.7 Å². The molecule has 0 aliphatic heterocycles. The Morgan fingerprint density at radius 3 is 2.15 bits per heavy atom. The fourth-order valence-corrected chi connectivity index (χ4v) is 4.04. The summed E-state index contributed by atoms with van der Waals surface area (Å²) in [4.78, 5) is 36.5. The molecule has 0 spiro atoms. The van der Waals surface area contributed by atoms with Crippen LogP contribution >= 0.6 is 0 Å². The molecule has 0 saturated heterocycles. The van der Waals surface area contributed by atoms with Crippen molar-refractivity contribution in [2.75, 3.05) is 13.2 Å². The molecule has 0 unspecified atom stereocenters. The van der Waals surface area contributed by atoms with Crippen LogP contribution < -0.4 is 10.6 Å². The second-order valence-corrected chi connectivity index (χ2v) is 9.07. The first-order valence-electron chi connectivity index (χ1n) is 11.4. The minimum absolute atomic E-state index is 0.0234. The number of ether oxygens (including phenoxy) is 1. The monoisotopic (exact) mass is 452 g/mol. The van der Waals surface area contributed by atoms with Crippen molar-refractivity contribution in [3.05, 3.63) is 59.7 Å². The molecule has 2 aromatic carbocycles. The standard InChI is InChI=1S/C26H32N2O5/c1-4-5-14-22(23(29)30)28-24(31)26(2,3)16-27-25(32)33-15-21-19-12-8-6-10-17(19)18-11-7-9-13-20(18)21/h6-13,21-22H,4-5,14-16H2,1-3H3,(H,27,32)(H,28,31)(H,29,30)/t22-/m0/s1. The minimum Gasteiger partial charge on any atom is -0.480 e. The lowest BCUT2D eigenvalue weighted by atomic mass is 9.91. The summed E-state index contributed by atoms with van der Waals surface area (Å²) in [7, 11) is 0. The average molecular weight is 453 g/mol. The summed E-state index contributed by atoms with van der Waals surface area (Å²) < 4.78 is 5.51. The summed E-state index contributed by atoms with van der Waals surface area (Å²) in [6.07, 6.45) is 1.30. The smallest absolute Gasteiger partial charge is 0.407 e. The number of fused-ring (bicyclic) bond motifs is 3. The predicted octanol–water partition coefficient (Wildman–Crippen LogP) is 4.31. The number of hydrogen-bond donors (Lipinski definition) is 3. The fourth-order valence-electron chi connectivity index (χ4n) is 4.04. The van der Waals surface area contributed by atoms with E-state index in [-0.39, 0.29) is 19.1 Å². The van der Waals surface area contributed by atoms with Crippen LogP contribution in [0.15, 0.2) is 48.5 Å². The largest absolute Gasteiger partial charge is 0.480 e. The van der Waals surface area contributed by atoms with Crippen molar-refractivity contribution >= 4 is 18.0 Å². The Balaban J connectivity index is 1.55. The zero-order valence-electron chi connectivity index (χ0n) is 19.4. The van der Waals surface area contributed by atoms with Gasteiger partial charge in [-0.05, 0) is 42.5 Å². The molecule has 7 heteroatoms. The van der Waals surface area contributed by atoms with Gasteiger partial charge in [0.25, 0.3) is 0 Å². The molecule has 7 nitrogen and oxygen atoms in total. The molecule has 2 amide bonds. The van der Waals surface area contributed by atoms with E-state index < -0.39 is 29.4 Å². The number of carbonyl (C=O) groups excluding carboxylic acids is 2. The zero-order chi connectivity index (χ0) is 24.0. The maximum Gasteiger partial charge on any atom is 0.407 e. The number of carboxylic acids is 1. The molecule has 0 saturated carbocycles. The summed E-state index contributed by atoms with van der Waals surface area (Å²) in [5, 5.41) is 14.6. The molecule has 0 aromatic heterocycles. The lowest BCUT2D eigenvalue weighted by Gasteiger charge is -2.26. The Labute approximate surface area is 194 Å². The second kappa shape index (κ2) is 10.5. The maximum absolute atomic E-state index is 12.6. The number of hydrogen-bond acceptors (Lipinski definition) is 4. The first-order chi connectivity index (χ1) is 15.7. The number of amides is 2. The van der Waals surface area contributed by atoms with Crippen LogP contribution in [0.5, 0.6) is 0 Å². The summed E-state index contributed by atoms with van der Waals surface area (Å²) in [5.74, 6) is -1.53. The molecule has 0 heterocycles. The molecule has 2 aromatic rings. The van der Waals surface area contributed by atoms with Crippen molar-refractivity contribution in [1.29, 1.82) is 0 Å². The Bertz CT molecular complexity index is 972. The van der Waals surface area contributed by atoms with Gasteiger partial charge in [0, 0.05) is 12.5 Å². The van der Waals surface area contributed by atoms with Crippen LogP contribution in [0.4, 0.5) is 4.79 Å². The van der Waals surface area contributed by atoms with E-state index in [9.17, 15) is 19.5 Å². The van der Waals surface area contributed by atoms with Crippen molar-refractivity contribution in [2.24, 2.45) is 5.41 Å². The molecule has 176 valence electrons. The number of rotatable bonds is 10. The first-order valence-corrected chi connectivity index (χ1v) is 11.4. The molecule has 1 aliphatic rings. The van der Waals surface area contributed by atoms with Crippen LogP contribution in [0.25, 0.3) is 11.1 Å². The van der Waals surface area contributed by atoms with Gasteiger partial charge < -0.3 is 20.5 Å². The van der Waals surface area contributed by atoms with E-state index in [1.54, 1.807) is 13.8 Å². The van der Waals surface area contributed by atoms with Crippen molar-refractivity contribution in [3.63, 3.8) is 0 Å². The lowest BCUT2D eigenvalue weighted by molar-refractivity contribution is -0.143. The highest BCUT2D eigenvalue weighted by molar-refractivity contribution is 5.87. The van der Waals surface area contributed by atoms with E-state index >= 15 is 0 Å². The number of aliphatic carboxylic acids is 1. The summed E-state index contributed by atoms with van der Waals surface area (Å²) in [6.45, 7) is 5.48.